The third-order valence-electron chi connectivity index (χ3n) is 16.1. The van der Waals surface area contributed by atoms with Crippen molar-refractivity contribution in [3.8, 4) is 0 Å². The van der Waals surface area contributed by atoms with E-state index >= 15 is 0 Å². The SMILES string of the molecule is CCCCC/C=C\C/C=C\C/C=C\CCCCCCCCCCCCC(=O)OC1CCC2(C)C(=CCC3C2CCC2(C)C(C(C)/C=C/C(CC)C(C)C)CCC32)C1. The van der Waals surface area contributed by atoms with Gasteiger partial charge in [-0.15, -0.1) is 0 Å². The van der Waals surface area contributed by atoms with Gasteiger partial charge in [0.05, 0.1) is 0 Å². The summed E-state index contributed by atoms with van der Waals surface area (Å²) >= 11 is 0. The highest BCUT2D eigenvalue weighted by atomic mass is 16.5. The van der Waals surface area contributed by atoms with Crippen LogP contribution in [0.3, 0.4) is 0 Å². The first kappa shape index (κ1) is 47.8. The van der Waals surface area contributed by atoms with Gasteiger partial charge in [-0.2, -0.15) is 0 Å². The van der Waals surface area contributed by atoms with Crippen LogP contribution in [0.1, 0.15) is 222 Å². The third kappa shape index (κ3) is 14.7. The second kappa shape index (κ2) is 25.7. The molecular weight excluding hydrogens is 693 g/mol. The van der Waals surface area contributed by atoms with E-state index in [1.165, 1.54) is 128 Å². The Morgan fingerprint density at radius 2 is 1.33 bits per heavy atom. The molecule has 0 saturated heterocycles. The number of rotatable bonds is 27. The molecular formula is C55H92O2. The smallest absolute Gasteiger partial charge is 0.306 e. The molecule has 4 aliphatic rings. The average Bonchev–Trinajstić information content (AvgIpc) is 3.55. The quantitative estimate of drug-likeness (QED) is 0.0471. The van der Waals surface area contributed by atoms with E-state index in [1.54, 1.807) is 5.57 Å². The topological polar surface area (TPSA) is 26.3 Å². The number of esters is 1. The fourth-order valence-corrected chi connectivity index (χ4v) is 12.4. The predicted octanol–water partition coefficient (Wildman–Crippen LogP) is 17.1. The van der Waals surface area contributed by atoms with Crippen molar-refractivity contribution in [3.63, 3.8) is 0 Å². The summed E-state index contributed by atoms with van der Waals surface area (Å²) < 4.78 is 6.16. The van der Waals surface area contributed by atoms with E-state index in [0.29, 0.717) is 29.1 Å². The summed E-state index contributed by atoms with van der Waals surface area (Å²) in [5.74, 6) is 5.52. The zero-order chi connectivity index (χ0) is 40.9. The molecule has 9 unspecified atom stereocenters. The highest BCUT2D eigenvalue weighted by Gasteiger charge is 2.59. The normalized spacial score (nSPS) is 30.0. The summed E-state index contributed by atoms with van der Waals surface area (Å²) in [6.45, 7) is 17.2. The van der Waals surface area contributed by atoms with Crippen molar-refractivity contribution < 1.29 is 9.53 Å². The third-order valence-corrected chi connectivity index (χ3v) is 16.1. The van der Waals surface area contributed by atoms with Crippen molar-refractivity contribution in [2.24, 2.45) is 52.3 Å². The van der Waals surface area contributed by atoms with E-state index in [1.807, 2.05) is 0 Å². The monoisotopic (exact) mass is 785 g/mol. The Hall–Kier alpha value is -1.83. The molecule has 0 heterocycles. The molecule has 0 aromatic heterocycles. The number of carbonyl (C=O) groups is 1. The van der Waals surface area contributed by atoms with Crippen LogP contribution in [-0.4, -0.2) is 12.1 Å². The van der Waals surface area contributed by atoms with Crippen LogP contribution in [0.15, 0.2) is 60.3 Å². The highest BCUT2D eigenvalue weighted by molar-refractivity contribution is 5.69. The molecule has 324 valence electrons. The molecule has 0 amide bonds. The van der Waals surface area contributed by atoms with Crippen LogP contribution in [0.4, 0.5) is 0 Å². The first-order valence-electron chi connectivity index (χ1n) is 25.2. The van der Waals surface area contributed by atoms with E-state index < -0.39 is 0 Å². The number of carbonyl (C=O) groups excluding carboxylic acids is 1. The molecule has 0 radical (unpaired) electrons. The number of ether oxygens (including phenoxy) is 1. The fraction of sp³-hybridized carbons (Fsp3) is 0.800. The maximum Gasteiger partial charge on any atom is 0.306 e. The van der Waals surface area contributed by atoms with Gasteiger partial charge < -0.3 is 4.74 Å². The van der Waals surface area contributed by atoms with Crippen LogP contribution in [0.25, 0.3) is 0 Å². The molecule has 0 aromatic rings. The van der Waals surface area contributed by atoms with Gasteiger partial charge in [0.15, 0.2) is 0 Å². The molecule has 0 aromatic carbocycles. The molecule has 57 heavy (non-hydrogen) atoms. The summed E-state index contributed by atoms with van der Waals surface area (Å²) in [5, 5.41) is 0. The van der Waals surface area contributed by atoms with Gasteiger partial charge in [0, 0.05) is 12.8 Å². The Morgan fingerprint density at radius 3 is 1.96 bits per heavy atom. The molecule has 0 aliphatic heterocycles. The molecule has 4 rings (SSSR count). The van der Waals surface area contributed by atoms with Crippen molar-refractivity contribution in [3.05, 3.63) is 60.3 Å². The Labute approximate surface area is 354 Å². The summed E-state index contributed by atoms with van der Waals surface area (Å²) in [6.07, 6.45) is 55.3. The van der Waals surface area contributed by atoms with Crippen LogP contribution in [0, 0.1) is 52.3 Å². The van der Waals surface area contributed by atoms with E-state index in [2.05, 4.69) is 103 Å². The van der Waals surface area contributed by atoms with Gasteiger partial charge in [-0.25, -0.2) is 0 Å². The van der Waals surface area contributed by atoms with Crippen LogP contribution in [0.2, 0.25) is 0 Å². The maximum absolute atomic E-state index is 12.9. The molecule has 4 aliphatic carbocycles. The molecule has 9 atom stereocenters. The molecule has 0 N–H and O–H groups in total. The molecule has 3 fully saturated rings. The van der Waals surface area contributed by atoms with Crippen molar-refractivity contribution in [2.45, 2.75) is 228 Å². The van der Waals surface area contributed by atoms with Crippen LogP contribution >= 0.6 is 0 Å². The predicted molar refractivity (Wildman–Crippen MR) is 248 cm³/mol. The summed E-state index contributed by atoms with van der Waals surface area (Å²) in [6, 6.07) is 0. The molecule has 2 nitrogen and oxygen atoms in total. The van der Waals surface area contributed by atoms with Gasteiger partial charge in [0.25, 0.3) is 0 Å². The van der Waals surface area contributed by atoms with Crippen LogP contribution in [0.5, 0.6) is 0 Å². The minimum Gasteiger partial charge on any atom is -0.462 e. The number of fused-ring (bicyclic) bond motifs is 5. The Morgan fingerprint density at radius 1 is 0.719 bits per heavy atom. The van der Waals surface area contributed by atoms with Crippen LogP contribution < -0.4 is 0 Å². The summed E-state index contributed by atoms with van der Waals surface area (Å²) in [7, 11) is 0. The Kier molecular flexibility index (Phi) is 21.6. The first-order chi connectivity index (χ1) is 27.6. The summed E-state index contributed by atoms with van der Waals surface area (Å²) in [4.78, 5) is 12.9. The maximum atomic E-state index is 12.9. The van der Waals surface area contributed by atoms with Crippen molar-refractivity contribution in [1.29, 1.82) is 0 Å². The lowest BCUT2D eigenvalue weighted by Gasteiger charge is -2.58. The Bertz CT molecular complexity index is 1280. The number of hydrogen-bond acceptors (Lipinski definition) is 2. The standard InChI is InChI=1S/C55H92O2/c1-8-10-11-12-13-14-15-16-17-18-19-20-21-22-23-24-25-26-27-28-29-30-31-32-53(56)57-48-39-41-54(6)47(43-48)35-36-49-51-38-37-50(55(51,7)42-40-52(49)54)45(5)33-34-46(9-2)44(3)4/h13-14,16-17,19-20,33-35,44-46,48-52H,8-12,15,18,21-32,36-43H2,1-7H3/b14-13-,17-16-,20-19-,34-33+. The lowest BCUT2D eigenvalue weighted by atomic mass is 9.47. The Balaban J connectivity index is 1.03. The highest BCUT2D eigenvalue weighted by Crippen LogP contribution is 2.67. The molecule has 2 heteroatoms. The zero-order valence-corrected chi connectivity index (χ0v) is 38.7. The van der Waals surface area contributed by atoms with Gasteiger partial charge in [-0.3, -0.25) is 4.79 Å². The van der Waals surface area contributed by atoms with Gasteiger partial charge in [0.2, 0.25) is 0 Å². The molecule has 0 bridgehead atoms. The largest absolute Gasteiger partial charge is 0.462 e. The van der Waals surface area contributed by atoms with E-state index in [-0.39, 0.29) is 12.1 Å². The second-order valence-electron chi connectivity index (χ2n) is 20.4. The van der Waals surface area contributed by atoms with E-state index in [4.69, 9.17) is 4.74 Å². The molecule has 0 spiro atoms. The number of hydrogen-bond donors (Lipinski definition) is 0. The van der Waals surface area contributed by atoms with Gasteiger partial charge in [-0.05, 0) is 149 Å². The summed E-state index contributed by atoms with van der Waals surface area (Å²) in [5.41, 5.74) is 2.43. The second-order valence-corrected chi connectivity index (χ2v) is 20.4. The number of unbranched alkanes of at least 4 members (excludes halogenated alkanes) is 13. The van der Waals surface area contributed by atoms with Crippen molar-refractivity contribution in [1.82, 2.24) is 0 Å². The fourth-order valence-electron chi connectivity index (χ4n) is 12.4. The van der Waals surface area contributed by atoms with E-state index in [0.717, 1.165) is 68.1 Å². The van der Waals surface area contributed by atoms with Gasteiger partial charge in [-0.1, -0.05) is 173 Å². The van der Waals surface area contributed by atoms with Gasteiger partial charge >= 0.3 is 5.97 Å². The minimum atomic E-state index is 0.0531. The lowest BCUT2D eigenvalue weighted by Crippen LogP contribution is -2.51. The number of allylic oxidation sites excluding steroid dienone is 9. The van der Waals surface area contributed by atoms with Crippen molar-refractivity contribution in [2.75, 3.05) is 0 Å². The average molecular weight is 785 g/mol. The van der Waals surface area contributed by atoms with Crippen LogP contribution in [-0.2, 0) is 9.53 Å². The molecule has 3 saturated carbocycles. The minimum absolute atomic E-state index is 0.0531. The van der Waals surface area contributed by atoms with Crippen molar-refractivity contribution >= 4 is 5.97 Å². The van der Waals surface area contributed by atoms with E-state index in [9.17, 15) is 4.79 Å². The van der Waals surface area contributed by atoms with Gasteiger partial charge in [0.1, 0.15) is 6.10 Å². The zero-order valence-electron chi connectivity index (χ0n) is 38.7. The lowest BCUT2D eigenvalue weighted by molar-refractivity contribution is -0.151. The first-order valence-corrected chi connectivity index (χ1v) is 25.2.